The second kappa shape index (κ2) is 4.63. The summed E-state index contributed by atoms with van der Waals surface area (Å²) >= 11 is 0. The lowest BCUT2D eigenvalue weighted by molar-refractivity contribution is 0.445. The van der Waals surface area contributed by atoms with E-state index >= 15 is 0 Å². The van der Waals surface area contributed by atoms with Gasteiger partial charge in [-0.1, -0.05) is 13.8 Å². The Balaban J connectivity index is 2.40. The average Bonchev–Trinajstić information content (AvgIpc) is 2.74. The molecule has 0 amide bonds. The fraction of sp³-hybridized carbons (Fsp3) is 0.692. The molecule has 0 aliphatic heterocycles. The molecule has 5 heteroatoms. The van der Waals surface area contributed by atoms with Crippen LogP contribution < -0.4 is 5.73 Å². The molecule has 100 valence electrons. The number of fused-ring (bicyclic) bond motifs is 1. The average molecular weight is 249 g/mol. The van der Waals surface area contributed by atoms with Crippen LogP contribution in [0.4, 0.5) is 5.95 Å². The van der Waals surface area contributed by atoms with Crippen LogP contribution in [0.3, 0.4) is 0 Å². The van der Waals surface area contributed by atoms with E-state index in [2.05, 4.69) is 35.4 Å². The van der Waals surface area contributed by atoms with Crippen molar-refractivity contribution in [1.82, 2.24) is 19.3 Å². The van der Waals surface area contributed by atoms with Crippen molar-refractivity contribution >= 4 is 17.1 Å². The molecule has 2 heterocycles. The molecule has 1 atom stereocenters. The summed E-state index contributed by atoms with van der Waals surface area (Å²) in [6.45, 7) is 8.65. The molecule has 2 aromatic rings. The van der Waals surface area contributed by atoms with E-state index in [-0.39, 0.29) is 0 Å². The highest BCUT2D eigenvalue weighted by molar-refractivity contribution is 5.77. The van der Waals surface area contributed by atoms with Crippen LogP contribution in [0.2, 0.25) is 0 Å². The summed E-state index contributed by atoms with van der Waals surface area (Å²) in [6, 6.07) is 0.354. The van der Waals surface area contributed by atoms with Gasteiger partial charge in [0.2, 0.25) is 5.95 Å². The number of nitrogens with zero attached hydrogens (tertiary/aromatic N) is 4. The van der Waals surface area contributed by atoms with Gasteiger partial charge in [0.05, 0.1) is 5.69 Å². The molecule has 0 saturated carbocycles. The zero-order valence-electron chi connectivity index (χ0n) is 11.9. The van der Waals surface area contributed by atoms with E-state index in [1.165, 1.54) is 6.42 Å². The Labute approximate surface area is 108 Å². The van der Waals surface area contributed by atoms with Gasteiger partial charge in [-0.3, -0.25) is 9.25 Å². The van der Waals surface area contributed by atoms with Crippen molar-refractivity contribution in [1.29, 1.82) is 0 Å². The topological polar surface area (TPSA) is 61.7 Å². The molecule has 0 bridgehead atoms. The van der Waals surface area contributed by atoms with Gasteiger partial charge in [0.1, 0.15) is 5.52 Å². The monoisotopic (exact) mass is 249 g/mol. The van der Waals surface area contributed by atoms with Crippen LogP contribution in [0.25, 0.3) is 11.2 Å². The highest BCUT2D eigenvalue weighted by Gasteiger charge is 2.19. The SMILES string of the molecule is Cc1nn(C)c2c1nc(N)n2C(C)CCC(C)C. The van der Waals surface area contributed by atoms with E-state index in [0.29, 0.717) is 17.9 Å². The first-order chi connectivity index (χ1) is 8.41. The Bertz CT molecular complexity index is 549. The van der Waals surface area contributed by atoms with Gasteiger partial charge in [-0.2, -0.15) is 5.10 Å². The number of nitrogens with two attached hydrogens (primary N) is 1. The highest BCUT2D eigenvalue weighted by Crippen LogP contribution is 2.27. The van der Waals surface area contributed by atoms with Gasteiger partial charge in [-0.05, 0) is 32.6 Å². The molecule has 2 aromatic heterocycles. The quantitative estimate of drug-likeness (QED) is 0.906. The highest BCUT2D eigenvalue weighted by atomic mass is 15.4. The van der Waals surface area contributed by atoms with Gasteiger partial charge < -0.3 is 5.73 Å². The molecular formula is C13H23N5. The fourth-order valence-corrected chi connectivity index (χ4v) is 2.45. The van der Waals surface area contributed by atoms with Gasteiger partial charge in [0.15, 0.2) is 5.65 Å². The lowest BCUT2D eigenvalue weighted by atomic mass is 10.0. The molecule has 0 aliphatic carbocycles. The minimum absolute atomic E-state index is 0.354. The molecule has 2 rings (SSSR count). The van der Waals surface area contributed by atoms with Crippen molar-refractivity contribution in [2.24, 2.45) is 13.0 Å². The Morgan fingerprint density at radius 3 is 2.50 bits per heavy atom. The molecular weight excluding hydrogens is 226 g/mol. The number of hydrogen-bond acceptors (Lipinski definition) is 3. The first-order valence-electron chi connectivity index (χ1n) is 6.58. The van der Waals surface area contributed by atoms with Crippen molar-refractivity contribution in [3.05, 3.63) is 5.69 Å². The largest absolute Gasteiger partial charge is 0.369 e. The molecule has 0 radical (unpaired) electrons. The summed E-state index contributed by atoms with van der Waals surface area (Å²) in [4.78, 5) is 4.44. The molecule has 0 spiro atoms. The van der Waals surface area contributed by atoms with E-state index in [4.69, 9.17) is 5.73 Å². The van der Waals surface area contributed by atoms with Gasteiger partial charge >= 0.3 is 0 Å². The van der Waals surface area contributed by atoms with Crippen LogP contribution in [-0.2, 0) is 7.05 Å². The minimum atomic E-state index is 0.354. The predicted octanol–water partition coefficient (Wildman–Crippen LogP) is 2.66. The Morgan fingerprint density at radius 1 is 1.22 bits per heavy atom. The van der Waals surface area contributed by atoms with Crippen molar-refractivity contribution in [2.75, 3.05) is 5.73 Å². The fourth-order valence-electron chi connectivity index (χ4n) is 2.45. The summed E-state index contributed by atoms with van der Waals surface area (Å²) in [7, 11) is 1.95. The summed E-state index contributed by atoms with van der Waals surface area (Å²) in [5.74, 6) is 1.30. The lowest BCUT2D eigenvalue weighted by Crippen LogP contribution is -2.12. The molecule has 0 fully saturated rings. The molecule has 0 saturated heterocycles. The summed E-state index contributed by atoms with van der Waals surface area (Å²) in [5, 5.41) is 4.41. The molecule has 2 N–H and O–H groups in total. The van der Waals surface area contributed by atoms with Crippen molar-refractivity contribution in [2.45, 2.75) is 46.6 Å². The third-order valence-corrected chi connectivity index (χ3v) is 3.46. The third kappa shape index (κ3) is 2.09. The number of nitrogen functional groups attached to an aromatic ring is 1. The number of aryl methyl sites for hydroxylation is 2. The zero-order chi connectivity index (χ0) is 13.4. The zero-order valence-corrected chi connectivity index (χ0v) is 11.9. The number of rotatable bonds is 4. The Kier molecular flexibility index (Phi) is 3.32. The van der Waals surface area contributed by atoms with Crippen LogP contribution in [0, 0.1) is 12.8 Å². The van der Waals surface area contributed by atoms with E-state index in [9.17, 15) is 0 Å². The molecule has 0 aromatic carbocycles. The van der Waals surface area contributed by atoms with Crippen molar-refractivity contribution in [3.8, 4) is 0 Å². The normalized spacial score (nSPS) is 13.7. The number of aromatic nitrogens is 4. The van der Waals surface area contributed by atoms with Gasteiger partial charge in [0.25, 0.3) is 0 Å². The second-order valence-electron chi connectivity index (χ2n) is 5.54. The van der Waals surface area contributed by atoms with Crippen LogP contribution in [-0.4, -0.2) is 19.3 Å². The minimum Gasteiger partial charge on any atom is -0.369 e. The third-order valence-electron chi connectivity index (χ3n) is 3.46. The van der Waals surface area contributed by atoms with E-state index in [0.717, 1.165) is 23.3 Å². The van der Waals surface area contributed by atoms with Gasteiger partial charge in [0, 0.05) is 13.1 Å². The molecule has 0 aliphatic rings. The van der Waals surface area contributed by atoms with Crippen LogP contribution in [0.15, 0.2) is 0 Å². The van der Waals surface area contributed by atoms with Crippen molar-refractivity contribution < 1.29 is 0 Å². The van der Waals surface area contributed by atoms with E-state index < -0.39 is 0 Å². The number of imidazole rings is 1. The van der Waals surface area contributed by atoms with Crippen LogP contribution >= 0.6 is 0 Å². The predicted molar refractivity (Wildman–Crippen MR) is 74.4 cm³/mol. The molecule has 18 heavy (non-hydrogen) atoms. The Morgan fingerprint density at radius 2 is 1.89 bits per heavy atom. The molecule has 1 unspecified atom stereocenters. The van der Waals surface area contributed by atoms with Crippen molar-refractivity contribution in [3.63, 3.8) is 0 Å². The molecule has 5 nitrogen and oxygen atoms in total. The first kappa shape index (κ1) is 12.9. The summed E-state index contributed by atoms with van der Waals surface area (Å²) < 4.78 is 3.98. The van der Waals surface area contributed by atoms with Crippen LogP contribution in [0.5, 0.6) is 0 Å². The second-order valence-corrected chi connectivity index (χ2v) is 5.54. The Hall–Kier alpha value is -1.52. The summed E-state index contributed by atoms with van der Waals surface area (Å²) in [6.07, 6.45) is 2.30. The number of hydrogen-bond donors (Lipinski definition) is 1. The maximum atomic E-state index is 6.05. The smallest absolute Gasteiger partial charge is 0.202 e. The first-order valence-corrected chi connectivity index (χ1v) is 6.58. The van der Waals surface area contributed by atoms with Crippen LogP contribution in [0.1, 0.15) is 45.3 Å². The van der Waals surface area contributed by atoms with Gasteiger partial charge in [-0.25, -0.2) is 4.98 Å². The standard InChI is InChI=1S/C13H23N5/c1-8(2)6-7-9(3)18-12-11(15-13(18)14)10(4)16-17(12)5/h8-9H,6-7H2,1-5H3,(H2,14,15). The van der Waals surface area contributed by atoms with E-state index in [1.807, 2.05) is 18.7 Å². The maximum absolute atomic E-state index is 6.05. The van der Waals surface area contributed by atoms with E-state index in [1.54, 1.807) is 0 Å². The lowest BCUT2D eigenvalue weighted by Gasteiger charge is -2.17. The maximum Gasteiger partial charge on any atom is 0.202 e. The summed E-state index contributed by atoms with van der Waals surface area (Å²) in [5.41, 5.74) is 8.94. The van der Waals surface area contributed by atoms with Gasteiger partial charge in [-0.15, -0.1) is 0 Å². The number of anilines is 1.